The van der Waals surface area contributed by atoms with Gasteiger partial charge in [0.2, 0.25) is 0 Å². The minimum Gasteiger partial charge on any atom is -0.304 e. The number of nitro groups is 1. The number of nitrogens with one attached hydrogen (secondary N) is 1. The van der Waals surface area contributed by atoms with Crippen LogP contribution in [0.1, 0.15) is 37.1 Å². The Morgan fingerprint density at radius 3 is 2.60 bits per heavy atom. The summed E-state index contributed by atoms with van der Waals surface area (Å²) >= 11 is 0. The summed E-state index contributed by atoms with van der Waals surface area (Å²) in [5.41, 5.74) is 2.10. The predicted molar refractivity (Wildman–Crippen MR) is 76.3 cm³/mol. The van der Waals surface area contributed by atoms with E-state index in [0.29, 0.717) is 0 Å². The van der Waals surface area contributed by atoms with E-state index in [1.54, 1.807) is 16.8 Å². The Balaban J connectivity index is 2.09. The zero-order chi connectivity index (χ0) is 14.7. The molecule has 0 aliphatic carbocycles. The lowest BCUT2D eigenvalue weighted by atomic mass is 10.1. The van der Waals surface area contributed by atoms with E-state index in [0.717, 1.165) is 11.1 Å². The molecule has 2 aromatic rings. The van der Waals surface area contributed by atoms with E-state index < -0.39 is 0 Å². The van der Waals surface area contributed by atoms with Crippen molar-refractivity contribution in [3.05, 3.63) is 57.9 Å². The summed E-state index contributed by atoms with van der Waals surface area (Å²) in [6, 6.07) is 6.85. The fraction of sp³-hybridized carbons (Fsp3) is 0.357. The first-order valence-electron chi connectivity index (χ1n) is 6.46. The van der Waals surface area contributed by atoms with Crippen molar-refractivity contribution in [2.75, 3.05) is 0 Å². The molecule has 106 valence electrons. The third-order valence-electron chi connectivity index (χ3n) is 3.31. The highest BCUT2D eigenvalue weighted by Crippen LogP contribution is 2.22. The van der Waals surface area contributed by atoms with Crippen molar-refractivity contribution in [1.29, 1.82) is 0 Å². The molecule has 0 radical (unpaired) electrons. The van der Waals surface area contributed by atoms with Gasteiger partial charge >= 0.3 is 0 Å². The Morgan fingerprint density at radius 1 is 1.30 bits per heavy atom. The molecule has 1 N–H and O–H groups in total. The van der Waals surface area contributed by atoms with E-state index in [-0.39, 0.29) is 22.7 Å². The number of hydrogen-bond donors (Lipinski definition) is 1. The van der Waals surface area contributed by atoms with Gasteiger partial charge in [-0.2, -0.15) is 5.10 Å². The van der Waals surface area contributed by atoms with Crippen molar-refractivity contribution < 1.29 is 4.92 Å². The molecule has 0 aliphatic rings. The van der Waals surface area contributed by atoms with Crippen LogP contribution in [-0.2, 0) is 7.05 Å². The maximum absolute atomic E-state index is 10.8. The van der Waals surface area contributed by atoms with Crippen molar-refractivity contribution in [3.63, 3.8) is 0 Å². The second-order valence-electron chi connectivity index (χ2n) is 4.91. The van der Waals surface area contributed by atoms with E-state index in [4.69, 9.17) is 0 Å². The Morgan fingerprint density at radius 2 is 2.00 bits per heavy atom. The van der Waals surface area contributed by atoms with Crippen LogP contribution in [0.4, 0.5) is 5.69 Å². The van der Waals surface area contributed by atoms with Gasteiger partial charge in [0.25, 0.3) is 5.69 Å². The average molecular weight is 274 g/mol. The predicted octanol–water partition coefficient (Wildman–Crippen LogP) is 2.74. The highest BCUT2D eigenvalue weighted by molar-refractivity contribution is 5.35. The first kappa shape index (κ1) is 14.2. The summed E-state index contributed by atoms with van der Waals surface area (Å²) in [6.45, 7) is 4.04. The lowest BCUT2D eigenvalue weighted by Gasteiger charge is -2.19. The minimum absolute atomic E-state index is 0.0186. The monoisotopic (exact) mass is 274 g/mol. The molecule has 0 aliphatic heterocycles. The molecule has 6 heteroatoms. The van der Waals surface area contributed by atoms with Gasteiger partial charge in [-0.15, -0.1) is 0 Å². The molecule has 1 aromatic heterocycles. The second-order valence-corrected chi connectivity index (χ2v) is 4.91. The molecule has 0 amide bonds. The molecule has 0 saturated carbocycles. The molecule has 0 spiro atoms. The number of nitrogens with zero attached hydrogens (tertiary/aromatic N) is 3. The number of aromatic nitrogens is 2. The number of hydrogen-bond acceptors (Lipinski definition) is 4. The van der Waals surface area contributed by atoms with Crippen LogP contribution in [0.25, 0.3) is 0 Å². The molecular weight excluding hydrogens is 256 g/mol. The summed E-state index contributed by atoms with van der Waals surface area (Å²) in [7, 11) is 1.88. The number of non-ortho nitro benzene ring substituents is 1. The van der Waals surface area contributed by atoms with Gasteiger partial charge in [-0.05, 0) is 19.4 Å². The third-order valence-corrected chi connectivity index (χ3v) is 3.31. The fourth-order valence-corrected chi connectivity index (χ4v) is 2.14. The molecule has 6 nitrogen and oxygen atoms in total. The quantitative estimate of drug-likeness (QED) is 0.672. The van der Waals surface area contributed by atoms with Crippen LogP contribution >= 0.6 is 0 Å². The normalized spacial score (nSPS) is 13.9. The first-order chi connectivity index (χ1) is 9.47. The molecule has 0 fully saturated rings. The highest BCUT2D eigenvalue weighted by atomic mass is 16.6. The molecule has 2 rings (SSSR count). The molecule has 1 heterocycles. The number of benzene rings is 1. The number of aryl methyl sites for hydroxylation is 1. The van der Waals surface area contributed by atoms with E-state index >= 15 is 0 Å². The number of rotatable bonds is 5. The SMILES string of the molecule is CC(NC(C)c1cnn(C)c1)c1cccc([N+](=O)[O-])c1. The maximum Gasteiger partial charge on any atom is 0.269 e. The summed E-state index contributed by atoms with van der Waals surface area (Å²) in [6.07, 6.45) is 3.77. The van der Waals surface area contributed by atoms with Gasteiger partial charge in [0, 0.05) is 43.0 Å². The second kappa shape index (κ2) is 5.83. The van der Waals surface area contributed by atoms with Gasteiger partial charge in [0.05, 0.1) is 11.1 Å². The van der Waals surface area contributed by atoms with Crippen molar-refractivity contribution >= 4 is 5.69 Å². The molecule has 2 atom stereocenters. The van der Waals surface area contributed by atoms with Gasteiger partial charge < -0.3 is 5.32 Å². The molecule has 2 unspecified atom stereocenters. The Hall–Kier alpha value is -2.21. The van der Waals surface area contributed by atoms with Crippen molar-refractivity contribution in [2.45, 2.75) is 25.9 Å². The average Bonchev–Trinajstić information content (AvgIpc) is 2.85. The zero-order valence-corrected chi connectivity index (χ0v) is 11.8. The number of nitro benzene ring substituents is 1. The van der Waals surface area contributed by atoms with Crippen LogP contribution in [0.5, 0.6) is 0 Å². The zero-order valence-electron chi connectivity index (χ0n) is 11.8. The van der Waals surface area contributed by atoms with Gasteiger partial charge in [-0.1, -0.05) is 12.1 Å². The maximum atomic E-state index is 10.8. The summed E-state index contributed by atoms with van der Waals surface area (Å²) < 4.78 is 1.76. The van der Waals surface area contributed by atoms with Crippen LogP contribution in [0.3, 0.4) is 0 Å². The summed E-state index contributed by atoms with van der Waals surface area (Å²) in [5.74, 6) is 0. The summed E-state index contributed by atoms with van der Waals surface area (Å²) in [4.78, 5) is 10.4. The summed E-state index contributed by atoms with van der Waals surface area (Å²) in [5, 5.41) is 18.4. The smallest absolute Gasteiger partial charge is 0.269 e. The van der Waals surface area contributed by atoms with Crippen LogP contribution in [-0.4, -0.2) is 14.7 Å². The molecular formula is C14H18N4O2. The third kappa shape index (κ3) is 3.21. The molecule has 1 aromatic carbocycles. The van der Waals surface area contributed by atoms with Gasteiger partial charge in [-0.25, -0.2) is 0 Å². The van der Waals surface area contributed by atoms with Gasteiger partial charge in [0.1, 0.15) is 0 Å². The van der Waals surface area contributed by atoms with Crippen LogP contribution in [0.2, 0.25) is 0 Å². The topological polar surface area (TPSA) is 73.0 Å². The van der Waals surface area contributed by atoms with Crippen LogP contribution < -0.4 is 5.32 Å². The Kier molecular flexibility index (Phi) is 4.14. The van der Waals surface area contributed by atoms with Crippen molar-refractivity contribution in [1.82, 2.24) is 15.1 Å². The Labute approximate surface area is 117 Å². The molecule has 0 saturated heterocycles. The van der Waals surface area contributed by atoms with Crippen LogP contribution in [0, 0.1) is 10.1 Å². The minimum atomic E-state index is -0.374. The van der Waals surface area contributed by atoms with E-state index in [2.05, 4.69) is 10.4 Å². The molecule has 20 heavy (non-hydrogen) atoms. The molecule has 0 bridgehead atoms. The van der Waals surface area contributed by atoms with Crippen molar-refractivity contribution in [3.8, 4) is 0 Å². The standard InChI is InChI=1S/C14H18N4O2/c1-10(12-5-4-6-14(7-12)18(19)20)16-11(2)13-8-15-17(3)9-13/h4-11,16H,1-3H3. The van der Waals surface area contributed by atoms with E-state index in [1.165, 1.54) is 6.07 Å². The Bertz CT molecular complexity index is 609. The first-order valence-corrected chi connectivity index (χ1v) is 6.46. The van der Waals surface area contributed by atoms with Crippen molar-refractivity contribution in [2.24, 2.45) is 7.05 Å². The van der Waals surface area contributed by atoms with E-state index in [9.17, 15) is 10.1 Å². The fourth-order valence-electron chi connectivity index (χ4n) is 2.14. The van der Waals surface area contributed by atoms with Gasteiger partial charge in [0.15, 0.2) is 0 Å². The lowest BCUT2D eigenvalue weighted by molar-refractivity contribution is -0.384. The highest BCUT2D eigenvalue weighted by Gasteiger charge is 2.14. The van der Waals surface area contributed by atoms with Gasteiger partial charge in [-0.3, -0.25) is 14.8 Å². The lowest BCUT2D eigenvalue weighted by Crippen LogP contribution is -2.22. The van der Waals surface area contributed by atoms with Crippen LogP contribution in [0.15, 0.2) is 36.7 Å². The largest absolute Gasteiger partial charge is 0.304 e. The van der Waals surface area contributed by atoms with E-state index in [1.807, 2.05) is 39.4 Å².